The second kappa shape index (κ2) is 8.15. The van der Waals surface area contributed by atoms with Crippen molar-refractivity contribution in [3.05, 3.63) is 81.0 Å². The lowest BCUT2D eigenvalue weighted by Gasteiger charge is -2.36. The normalized spacial score (nSPS) is 17.8. The number of fused-ring (bicyclic) bond motifs is 3. The summed E-state index contributed by atoms with van der Waals surface area (Å²) in [6.45, 7) is 0.719. The van der Waals surface area contributed by atoms with Crippen molar-refractivity contribution in [1.29, 1.82) is 0 Å². The summed E-state index contributed by atoms with van der Waals surface area (Å²) in [5.41, 5.74) is 4.96. The number of ether oxygens (including phenoxy) is 1. The molecule has 1 N–H and O–H groups in total. The number of methoxy groups -OCH3 is 1. The van der Waals surface area contributed by atoms with E-state index in [1.54, 1.807) is 17.6 Å². The lowest BCUT2D eigenvalue weighted by molar-refractivity contribution is 0.195. The van der Waals surface area contributed by atoms with E-state index in [4.69, 9.17) is 4.74 Å². The molecule has 1 aliphatic carbocycles. The van der Waals surface area contributed by atoms with Gasteiger partial charge in [0.2, 0.25) is 0 Å². The van der Waals surface area contributed by atoms with E-state index in [2.05, 4.69) is 29.6 Å². The van der Waals surface area contributed by atoms with E-state index in [1.807, 2.05) is 46.6 Å². The highest BCUT2D eigenvalue weighted by molar-refractivity contribution is 7.12. The summed E-state index contributed by atoms with van der Waals surface area (Å²) in [7, 11) is 1.63. The molecule has 2 aliphatic rings. The first-order chi connectivity index (χ1) is 14.8. The third kappa shape index (κ3) is 3.37. The van der Waals surface area contributed by atoms with E-state index in [9.17, 15) is 4.79 Å². The van der Waals surface area contributed by atoms with Gasteiger partial charge in [-0.1, -0.05) is 42.5 Å². The van der Waals surface area contributed by atoms with Crippen LogP contribution in [-0.2, 0) is 19.3 Å². The van der Waals surface area contributed by atoms with Gasteiger partial charge >= 0.3 is 6.03 Å². The van der Waals surface area contributed by atoms with Gasteiger partial charge in [0.25, 0.3) is 0 Å². The Morgan fingerprint density at radius 2 is 1.77 bits per heavy atom. The number of benzene rings is 2. The number of aryl methyl sites for hydroxylation is 1. The summed E-state index contributed by atoms with van der Waals surface area (Å²) in [5, 5.41) is 3.09. The molecule has 4 nitrogen and oxygen atoms in total. The van der Waals surface area contributed by atoms with Crippen molar-refractivity contribution in [2.45, 2.75) is 38.1 Å². The van der Waals surface area contributed by atoms with Gasteiger partial charge in [-0.15, -0.1) is 11.3 Å². The quantitative estimate of drug-likeness (QED) is 0.583. The minimum Gasteiger partial charge on any atom is -0.495 e. The molecular weight excluding hydrogens is 392 g/mol. The van der Waals surface area contributed by atoms with Crippen molar-refractivity contribution < 1.29 is 9.53 Å². The van der Waals surface area contributed by atoms with E-state index >= 15 is 0 Å². The molecule has 0 radical (unpaired) electrons. The van der Waals surface area contributed by atoms with Crippen molar-refractivity contribution in [1.82, 2.24) is 4.90 Å². The Morgan fingerprint density at radius 3 is 2.60 bits per heavy atom. The number of nitrogens with zero attached hydrogens (tertiary/aromatic N) is 1. The minimum atomic E-state index is -0.0784. The summed E-state index contributed by atoms with van der Waals surface area (Å²) in [5.74, 6) is 0.673. The molecule has 30 heavy (non-hydrogen) atoms. The first-order valence-electron chi connectivity index (χ1n) is 10.6. The number of para-hydroxylation sites is 2. The van der Waals surface area contributed by atoms with E-state index in [0.717, 1.165) is 13.0 Å². The van der Waals surface area contributed by atoms with Crippen LogP contribution >= 0.6 is 11.3 Å². The molecule has 154 valence electrons. The zero-order valence-electron chi connectivity index (χ0n) is 17.2. The Bertz CT molecular complexity index is 1060. The second-order valence-corrected chi connectivity index (χ2v) is 9.08. The number of carbonyl (C=O) groups is 1. The maximum atomic E-state index is 13.4. The van der Waals surface area contributed by atoms with Gasteiger partial charge in [-0.05, 0) is 60.9 Å². The molecule has 0 saturated carbocycles. The van der Waals surface area contributed by atoms with Crippen molar-refractivity contribution >= 4 is 23.1 Å². The summed E-state index contributed by atoms with van der Waals surface area (Å²) in [4.78, 5) is 18.3. The molecule has 0 fully saturated rings. The number of nitrogens with one attached hydrogen (secondary N) is 1. The standard InChI is InChI=1S/C25H26N2O2S/c1-29-21-13-7-6-12-20(21)26-25(28)27-16-15-19-18-11-5-8-14-22(18)30-24(19)23(27)17-9-3-2-4-10-17/h2-4,6-7,9-10,12-13,23H,5,8,11,14-16H2,1H3,(H,26,28). The highest BCUT2D eigenvalue weighted by Gasteiger charge is 2.36. The first kappa shape index (κ1) is 19.2. The molecule has 2 aromatic carbocycles. The van der Waals surface area contributed by atoms with Crippen LogP contribution in [0.25, 0.3) is 0 Å². The number of urea groups is 1. The molecule has 2 heterocycles. The molecular formula is C25H26N2O2S. The highest BCUT2D eigenvalue weighted by Crippen LogP contribution is 2.45. The van der Waals surface area contributed by atoms with Crippen molar-refractivity contribution in [3.8, 4) is 5.75 Å². The zero-order chi connectivity index (χ0) is 20.5. The third-order valence-electron chi connectivity index (χ3n) is 6.20. The number of hydrogen-bond donors (Lipinski definition) is 1. The van der Waals surface area contributed by atoms with Crippen LogP contribution in [0, 0.1) is 0 Å². The predicted octanol–water partition coefficient (Wildman–Crippen LogP) is 5.82. The maximum absolute atomic E-state index is 13.4. The van der Waals surface area contributed by atoms with Gasteiger partial charge in [-0.3, -0.25) is 0 Å². The minimum absolute atomic E-state index is 0.0414. The van der Waals surface area contributed by atoms with Crippen molar-refractivity contribution in [3.63, 3.8) is 0 Å². The van der Waals surface area contributed by atoms with Gasteiger partial charge in [0, 0.05) is 16.3 Å². The lowest BCUT2D eigenvalue weighted by atomic mass is 9.88. The van der Waals surface area contributed by atoms with E-state index < -0.39 is 0 Å². The number of hydrogen-bond acceptors (Lipinski definition) is 3. The van der Waals surface area contributed by atoms with Crippen LogP contribution < -0.4 is 10.1 Å². The van der Waals surface area contributed by atoms with E-state index in [1.165, 1.54) is 41.7 Å². The van der Waals surface area contributed by atoms with E-state index in [-0.39, 0.29) is 12.1 Å². The topological polar surface area (TPSA) is 41.6 Å². The monoisotopic (exact) mass is 418 g/mol. The molecule has 2 amide bonds. The summed E-state index contributed by atoms with van der Waals surface area (Å²) in [6, 6.07) is 17.9. The number of rotatable bonds is 3. The molecule has 1 atom stereocenters. The van der Waals surface area contributed by atoms with Gasteiger partial charge in [-0.2, -0.15) is 0 Å². The van der Waals surface area contributed by atoms with Gasteiger partial charge in [0.05, 0.1) is 18.8 Å². The fourth-order valence-corrected chi connectivity index (χ4v) is 6.35. The first-order valence-corrected chi connectivity index (χ1v) is 11.5. The SMILES string of the molecule is COc1ccccc1NC(=O)N1CCc2c(sc3c2CCCC3)C1c1ccccc1. The van der Waals surface area contributed by atoms with Crippen LogP contribution in [-0.4, -0.2) is 24.6 Å². The summed E-state index contributed by atoms with van der Waals surface area (Å²) < 4.78 is 5.43. The maximum Gasteiger partial charge on any atom is 0.322 e. The van der Waals surface area contributed by atoms with Crippen LogP contribution in [0.5, 0.6) is 5.75 Å². The van der Waals surface area contributed by atoms with Gasteiger partial charge in [-0.25, -0.2) is 4.79 Å². The number of carbonyl (C=O) groups excluding carboxylic acids is 1. The molecule has 0 bridgehead atoms. The highest BCUT2D eigenvalue weighted by atomic mass is 32.1. The number of anilines is 1. The smallest absolute Gasteiger partial charge is 0.322 e. The van der Waals surface area contributed by atoms with Crippen molar-refractivity contribution in [2.75, 3.05) is 19.0 Å². The molecule has 1 aromatic heterocycles. The predicted molar refractivity (Wildman–Crippen MR) is 122 cm³/mol. The lowest BCUT2D eigenvalue weighted by Crippen LogP contribution is -2.42. The number of amides is 2. The molecule has 5 rings (SSSR count). The summed E-state index contributed by atoms with van der Waals surface area (Å²) in [6.07, 6.45) is 5.87. The Kier molecular flexibility index (Phi) is 5.21. The third-order valence-corrected chi connectivity index (χ3v) is 7.59. The Hall–Kier alpha value is -2.79. The summed E-state index contributed by atoms with van der Waals surface area (Å²) >= 11 is 1.93. The van der Waals surface area contributed by atoms with Gasteiger partial charge in [0.15, 0.2) is 0 Å². The fourth-order valence-electron chi connectivity index (χ4n) is 4.77. The fraction of sp³-hybridized carbons (Fsp3) is 0.320. The van der Waals surface area contributed by atoms with Gasteiger partial charge in [0.1, 0.15) is 5.75 Å². The Balaban J connectivity index is 1.53. The molecule has 0 saturated heterocycles. The molecule has 1 unspecified atom stereocenters. The average Bonchev–Trinajstić information content (AvgIpc) is 3.18. The molecule has 0 spiro atoms. The van der Waals surface area contributed by atoms with Crippen LogP contribution in [0.4, 0.5) is 10.5 Å². The molecule has 1 aliphatic heterocycles. The van der Waals surface area contributed by atoms with Gasteiger partial charge < -0.3 is 15.0 Å². The number of thiophene rings is 1. The average molecular weight is 419 g/mol. The zero-order valence-corrected chi connectivity index (χ0v) is 18.0. The van der Waals surface area contributed by atoms with Crippen LogP contribution in [0.1, 0.15) is 45.3 Å². The van der Waals surface area contributed by atoms with Crippen LogP contribution in [0.15, 0.2) is 54.6 Å². The van der Waals surface area contributed by atoms with Crippen molar-refractivity contribution in [2.24, 2.45) is 0 Å². The van der Waals surface area contributed by atoms with Crippen LogP contribution in [0.2, 0.25) is 0 Å². The van der Waals surface area contributed by atoms with E-state index in [0.29, 0.717) is 11.4 Å². The Morgan fingerprint density at radius 1 is 1.00 bits per heavy atom. The Labute approximate surface area is 181 Å². The van der Waals surface area contributed by atoms with Crippen LogP contribution in [0.3, 0.4) is 0 Å². The molecule has 5 heteroatoms. The molecule has 3 aromatic rings. The second-order valence-electron chi connectivity index (χ2n) is 7.94. The largest absolute Gasteiger partial charge is 0.495 e.